The third kappa shape index (κ3) is 1.72. The van der Waals surface area contributed by atoms with E-state index in [1.165, 1.54) is 0 Å². The predicted molar refractivity (Wildman–Crippen MR) is 69.1 cm³/mol. The van der Waals surface area contributed by atoms with Crippen molar-refractivity contribution in [2.45, 2.75) is 6.92 Å². The van der Waals surface area contributed by atoms with Crippen molar-refractivity contribution in [2.24, 2.45) is 0 Å². The molecule has 17 heavy (non-hydrogen) atoms. The molecule has 0 aliphatic rings. The zero-order valence-electron chi connectivity index (χ0n) is 9.13. The Morgan fingerprint density at radius 1 is 1.12 bits per heavy atom. The van der Waals surface area contributed by atoms with Crippen molar-refractivity contribution >= 4 is 27.0 Å². The normalized spacial score (nSPS) is 10.9. The molecule has 0 aliphatic carbocycles. The molecule has 0 saturated heterocycles. The molecule has 0 spiro atoms. The van der Waals surface area contributed by atoms with Crippen LogP contribution in [0, 0.1) is 6.92 Å². The molecule has 0 aliphatic heterocycles. The molecular formula is C12H9BrN4. The molecule has 0 unspecified atom stereocenters. The SMILES string of the molecule is Cc1nc2ccccc2n1-c1ncc(Br)cn1. The van der Waals surface area contributed by atoms with Gasteiger partial charge in [-0.25, -0.2) is 15.0 Å². The van der Waals surface area contributed by atoms with Crippen LogP contribution in [-0.4, -0.2) is 19.5 Å². The van der Waals surface area contributed by atoms with Gasteiger partial charge in [0, 0.05) is 12.4 Å². The predicted octanol–water partition coefficient (Wildman–Crippen LogP) is 2.89. The minimum atomic E-state index is 0.638. The lowest BCUT2D eigenvalue weighted by Crippen LogP contribution is -2.02. The van der Waals surface area contributed by atoms with Crippen molar-refractivity contribution in [3.8, 4) is 5.95 Å². The zero-order chi connectivity index (χ0) is 11.8. The van der Waals surface area contributed by atoms with Crippen LogP contribution in [0.15, 0.2) is 41.1 Å². The third-order valence-electron chi connectivity index (χ3n) is 2.54. The van der Waals surface area contributed by atoms with E-state index in [9.17, 15) is 0 Å². The van der Waals surface area contributed by atoms with Crippen LogP contribution in [-0.2, 0) is 0 Å². The average Bonchev–Trinajstić information content (AvgIpc) is 2.66. The minimum Gasteiger partial charge on any atom is -0.264 e. The van der Waals surface area contributed by atoms with Gasteiger partial charge >= 0.3 is 0 Å². The maximum absolute atomic E-state index is 4.48. The van der Waals surface area contributed by atoms with Gasteiger partial charge in [-0.1, -0.05) is 12.1 Å². The molecule has 0 N–H and O–H groups in total. The van der Waals surface area contributed by atoms with Gasteiger partial charge in [0.15, 0.2) is 0 Å². The molecule has 0 bridgehead atoms. The number of benzene rings is 1. The lowest BCUT2D eigenvalue weighted by Gasteiger charge is -2.03. The third-order valence-corrected chi connectivity index (χ3v) is 2.94. The van der Waals surface area contributed by atoms with E-state index in [-0.39, 0.29) is 0 Å². The maximum atomic E-state index is 4.48. The highest BCUT2D eigenvalue weighted by molar-refractivity contribution is 9.10. The summed E-state index contributed by atoms with van der Waals surface area (Å²) in [4.78, 5) is 13.1. The van der Waals surface area contributed by atoms with Crippen molar-refractivity contribution < 1.29 is 0 Å². The van der Waals surface area contributed by atoms with Crippen molar-refractivity contribution in [3.63, 3.8) is 0 Å². The highest BCUT2D eigenvalue weighted by Crippen LogP contribution is 2.18. The molecule has 2 heterocycles. The van der Waals surface area contributed by atoms with Gasteiger partial charge in [-0.2, -0.15) is 0 Å². The van der Waals surface area contributed by atoms with Crippen LogP contribution in [0.4, 0.5) is 0 Å². The Hall–Kier alpha value is -1.75. The monoisotopic (exact) mass is 288 g/mol. The second-order valence-corrected chi connectivity index (χ2v) is 4.60. The highest BCUT2D eigenvalue weighted by atomic mass is 79.9. The number of aromatic nitrogens is 4. The topological polar surface area (TPSA) is 43.6 Å². The number of rotatable bonds is 1. The standard InChI is InChI=1S/C12H9BrN4/c1-8-16-10-4-2-3-5-11(10)17(8)12-14-6-9(13)7-15-12/h2-7H,1H3. The first kappa shape index (κ1) is 10.4. The lowest BCUT2D eigenvalue weighted by atomic mass is 10.3. The maximum Gasteiger partial charge on any atom is 0.235 e. The summed E-state index contributed by atoms with van der Waals surface area (Å²) in [7, 11) is 0. The van der Waals surface area contributed by atoms with Crippen LogP contribution in [0.3, 0.4) is 0 Å². The second kappa shape index (κ2) is 3.92. The van der Waals surface area contributed by atoms with Crippen LogP contribution in [0.2, 0.25) is 0 Å². The molecule has 3 rings (SSSR count). The molecule has 3 aromatic rings. The summed E-state index contributed by atoms with van der Waals surface area (Å²) >= 11 is 3.33. The van der Waals surface area contributed by atoms with E-state index in [2.05, 4.69) is 30.9 Å². The first-order chi connectivity index (χ1) is 8.25. The van der Waals surface area contributed by atoms with Gasteiger partial charge in [-0.05, 0) is 35.0 Å². The average molecular weight is 289 g/mol. The van der Waals surface area contributed by atoms with Gasteiger partial charge in [-0.3, -0.25) is 4.57 Å². The molecular weight excluding hydrogens is 280 g/mol. The number of para-hydroxylation sites is 2. The summed E-state index contributed by atoms with van der Waals surface area (Å²) in [5.74, 6) is 1.52. The summed E-state index contributed by atoms with van der Waals surface area (Å²) in [6, 6.07) is 7.96. The fourth-order valence-corrected chi connectivity index (χ4v) is 2.02. The first-order valence-corrected chi connectivity index (χ1v) is 5.97. The van der Waals surface area contributed by atoms with Crippen LogP contribution >= 0.6 is 15.9 Å². The molecule has 0 atom stereocenters. The van der Waals surface area contributed by atoms with Crippen LogP contribution in [0.1, 0.15) is 5.82 Å². The fraction of sp³-hybridized carbons (Fsp3) is 0.0833. The zero-order valence-corrected chi connectivity index (χ0v) is 10.7. The molecule has 0 fully saturated rings. The molecule has 1 aromatic carbocycles. The van der Waals surface area contributed by atoms with Crippen LogP contribution in [0.5, 0.6) is 0 Å². The summed E-state index contributed by atoms with van der Waals surface area (Å²) < 4.78 is 2.81. The molecule has 4 nitrogen and oxygen atoms in total. The van der Waals surface area contributed by atoms with Crippen molar-refractivity contribution in [1.82, 2.24) is 19.5 Å². The van der Waals surface area contributed by atoms with E-state index in [0.717, 1.165) is 21.3 Å². The number of halogens is 1. The molecule has 0 amide bonds. The Morgan fingerprint density at radius 2 is 1.82 bits per heavy atom. The number of hydrogen-bond donors (Lipinski definition) is 0. The second-order valence-electron chi connectivity index (χ2n) is 3.68. The fourth-order valence-electron chi connectivity index (χ4n) is 1.82. The Labute approximate surface area is 106 Å². The quantitative estimate of drug-likeness (QED) is 0.692. The van der Waals surface area contributed by atoms with Gasteiger partial charge in [-0.15, -0.1) is 0 Å². The van der Waals surface area contributed by atoms with Gasteiger partial charge in [0.2, 0.25) is 5.95 Å². The molecule has 0 saturated carbocycles. The number of aryl methyl sites for hydroxylation is 1. The summed E-state index contributed by atoms with van der Waals surface area (Å²) in [5.41, 5.74) is 1.98. The number of fused-ring (bicyclic) bond motifs is 1. The number of hydrogen-bond acceptors (Lipinski definition) is 3. The summed E-state index contributed by atoms with van der Waals surface area (Å²) in [6.45, 7) is 1.95. The van der Waals surface area contributed by atoms with E-state index in [0.29, 0.717) is 5.95 Å². The summed E-state index contributed by atoms with van der Waals surface area (Å²) in [5, 5.41) is 0. The van der Waals surface area contributed by atoms with E-state index < -0.39 is 0 Å². The Kier molecular flexibility index (Phi) is 2.40. The molecule has 5 heteroatoms. The van der Waals surface area contributed by atoms with Crippen LogP contribution in [0.25, 0.3) is 17.0 Å². The van der Waals surface area contributed by atoms with E-state index in [4.69, 9.17) is 0 Å². The number of imidazole rings is 1. The highest BCUT2D eigenvalue weighted by Gasteiger charge is 2.10. The lowest BCUT2D eigenvalue weighted by molar-refractivity contribution is 0.901. The Morgan fingerprint density at radius 3 is 2.59 bits per heavy atom. The largest absolute Gasteiger partial charge is 0.264 e. The van der Waals surface area contributed by atoms with Crippen molar-refractivity contribution in [3.05, 3.63) is 47.0 Å². The van der Waals surface area contributed by atoms with Gasteiger partial charge in [0.1, 0.15) is 5.82 Å². The summed E-state index contributed by atoms with van der Waals surface area (Å²) in [6.07, 6.45) is 3.47. The van der Waals surface area contributed by atoms with E-state index >= 15 is 0 Å². The molecule has 2 aromatic heterocycles. The smallest absolute Gasteiger partial charge is 0.235 e. The van der Waals surface area contributed by atoms with Gasteiger partial charge in [0.05, 0.1) is 15.5 Å². The Balaban J connectivity index is 2.29. The van der Waals surface area contributed by atoms with Gasteiger partial charge in [0.25, 0.3) is 0 Å². The minimum absolute atomic E-state index is 0.638. The van der Waals surface area contributed by atoms with E-state index in [1.807, 2.05) is 35.8 Å². The van der Waals surface area contributed by atoms with Crippen LogP contribution < -0.4 is 0 Å². The van der Waals surface area contributed by atoms with Gasteiger partial charge < -0.3 is 0 Å². The molecule has 84 valence electrons. The first-order valence-electron chi connectivity index (χ1n) is 5.18. The van der Waals surface area contributed by atoms with Crippen molar-refractivity contribution in [1.29, 1.82) is 0 Å². The van der Waals surface area contributed by atoms with E-state index in [1.54, 1.807) is 12.4 Å². The Bertz CT molecular complexity index is 673. The van der Waals surface area contributed by atoms with Crippen molar-refractivity contribution in [2.75, 3.05) is 0 Å². The molecule has 0 radical (unpaired) electrons. The number of nitrogens with zero attached hydrogens (tertiary/aromatic N) is 4.